The van der Waals surface area contributed by atoms with E-state index in [2.05, 4.69) is 26.2 Å². The summed E-state index contributed by atoms with van der Waals surface area (Å²) in [5.74, 6) is 0.893. The first-order valence-electron chi connectivity index (χ1n) is 4.70. The Labute approximate surface area is 97.5 Å². The number of anilines is 2. The summed E-state index contributed by atoms with van der Waals surface area (Å²) in [5.41, 5.74) is 2.17. The highest BCUT2D eigenvalue weighted by Gasteiger charge is 2.00. The number of hydrogen-bond donors (Lipinski definition) is 1. The predicted molar refractivity (Wildman–Crippen MR) is 66.4 cm³/mol. The van der Waals surface area contributed by atoms with Crippen molar-refractivity contribution in [2.75, 3.05) is 5.32 Å². The molecule has 0 amide bonds. The first kappa shape index (κ1) is 10.2. The Bertz CT molecular complexity index is 454. The van der Waals surface area contributed by atoms with Crippen LogP contribution in [0.4, 0.5) is 11.5 Å². The predicted octanol–water partition coefficient (Wildman–Crippen LogP) is 3.90. The highest BCUT2D eigenvalue weighted by molar-refractivity contribution is 9.10. The molecule has 1 heterocycles. The largest absolute Gasteiger partial charge is 0.340 e. The molecule has 0 bridgehead atoms. The Morgan fingerprint density at radius 1 is 1.20 bits per heavy atom. The Hall–Kier alpha value is -1.35. The van der Waals surface area contributed by atoms with Gasteiger partial charge in [0.1, 0.15) is 5.82 Å². The molecule has 76 valence electrons. The van der Waals surface area contributed by atoms with Crippen molar-refractivity contribution in [2.24, 2.45) is 0 Å². The molecule has 2 nitrogen and oxygen atoms in total. The minimum Gasteiger partial charge on any atom is -0.340 e. The van der Waals surface area contributed by atoms with Gasteiger partial charge in [-0.15, -0.1) is 0 Å². The van der Waals surface area contributed by atoms with Crippen LogP contribution in [0.25, 0.3) is 0 Å². The fourth-order valence-electron chi connectivity index (χ4n) is 1.33. The van der Waals surface area contributed by atoms with Gasteiger partial charge in [-0.05, 0) is 46.6 Å². The topological polar surface area (TPSA) is 24.9 Å². The molecule has 3 heteroatoms. The van der Waals surface area contributed by atoms with Gasteiger partial charge in [0.2, 0.25) is 0 Å². The number of nitrogens with zero attached hydrogens (tertiary/aromatic N) is 1. The van der Waals surface area contributed by atoms with Gasteiger partial charge in [-0.3, -0.25) is 0 Å². The maximum atomic E-state index is 4.32. The Morgan fingerprint density at radius 2 is 1.93 bits per heavy atom. The average Bonchev–Trinajstić information content (AvgIpc) is 2.24. The number of pyridine rings is 1. The zero-order valence-corrected chi connectivity index (χ0v) is 9.95. The zero-order chi connectivity index (χ0) is 10.7. The lowest BCUT2D eigenvalue weighted by Crippen LogP contribution is -1.95. The molecule has 0 fully saturated rings. The van der Waals surface area contributed by atoms with Crippen molar-refractivity contribution in [3.63, 3.8) is 0 Å². The summed E-state index contributed by atoms with van der Waals surface area (Å²) in [6.45, 7) is 2.03. The Kier molecular flexibility index (Phi) is 3.02. The SMILES string of the molecule is Cc1cc(Br)cnc1Nc1ccccc1. The summed E-state index contributed by atoms with van der Waals surface area (Å²) < 4.78 is 0.999. The molecule has 0 saturated carbocycles. The highest BCUT2D eigenvalue weighted by Crippen LogP contribution is 2.20. The van der Waals surface area contributed by atoms with E-state index < -0.39 is 0 Å². The molecular weight excluding hydrogens is 252 g/mol. The first-order valence-corrected chi connectivity index (χ1v) is 5.49. The van der Waals surface area contributed by atoms with Crippen LogP contribution < -0.4 is 5.32 Å². The van der Waals surface area contributed by atoms with E-state index in [4.69, 9.17) is 0 Å². The van der Waals surface area contributed by atoms with Crippen molar-refractivity contribution in [2.45, 2.75) is 6.92 Å². The van der Waals surface area contributed by atoms with Gasteiger partial charge in [-0.2, -0.15) is 0 Å². The monoisotopic (exact) mass is 262 g/mol. The molecule has 0 unspecified atom stereocenters. The molecule has 15 heavy (non-hydrogen) atoms. The van der Waals surface area contributed by atoms with Crippen LogP contribution in [0, 0.1) is 6.92 Å². The quantitative estimate of drug-likeness (QED) is 0.888. The summed E-state index contributed by atoms with van der Waals surface area (Å²) >= 11 is 3.39. The van der Waals surface area contributed by atoms with Gasteiger partial charge in [0, 0.05) is 16.4 Å². The molecule has 0 saturated heterocycles. The summed E-state index contributed by atoms with van der Waals surface area (Å²) in [4.78, 5) is 4.32. The maximum Gasteiger partial charge on any atom is 0.133 e. The third-order valence-corrected chi connectivity index (χ3v) is 2.52. The fraction of sp³-hybridized carbons (Fsp3) is 0.0833. The molecule has 0 aliphatic carbocycles. The number of halogens is 1. The van der Waals surface area contributed by atoms with Crippen molar-refractivity contribution in [3.8, 4) is 0 Å². The van der Waals surface area contributed by atoms with Crippen LogP contribution in [0.15, 0.2) is 47.1 Å². The molecule has 0 aliphatic heterocycles. The summed E-state index contributed by atoms with van der Waals surface area (Å²) in [7, 11) is 0. The Morgan fingerprint density at radius 3 is 2.60 bits per heavy atom. The summed E-state index contributed by atoms with van der Waals surface area (Å²) in [5, 5.41) is 3.27. The number of hydrogen-bond acceptors (Lipinski definition) is 2. The molecular formula is C12H11BrN2. The van der Waals surface area contributed by atoms with E-state index in [9.17, 15) is 0 Å². The van der Waals surface area contributed by atoms with Crippen LogP contribution in [-0.2, 0) is 0 Å². The van der Waals surface area contributed by atoms with Gasteiger partial charge in [-0.1, -0.05) is 18.2 Å². The second kappa shape index (κ2) is 4.45. The van der Waals surface area contributed by atoms with E-state index in [1.165, 1.54) is 0 Å². The molecule has 0 spiro atoms. The highest BCUT2D eigenvalue weighted by atomic mass is 79.9. The van der Waals surface area contributed by atoms with E-state index in [1.54, 1.807) is 6.20 Å². The van der Waals surface area contributed by atoms with Crippen LogP contribution in [0.3, 0.4) is 0 Å². The number of nitrogens with one attached hydrogen (secondary N) is 1. The lowest BCUT2D eigenvalue weighted by molar-refractivity contribution is 1.24. The third kappa shape index (κ3) is 2.57. The molecule has 2 rings (SSSR count). The van der Waals surface area contributed by atoms with E-state index in [1.807, 2.05) is 43.3 Å². The van der Waals surface area contributed by atoms with Gasteiger partial charge in [0.05, 0.1) is 0 Å². The number of para-hydroxylation sites is 1. The molecule has 1 aromatic heterocycles. The molecule has 0 aliphatic rings. The maximum absolute atomic E-state index is 4.32. The molecule has 0 radical (unpaired) electrons. The van der Waals surface area contributed by atoms with Crippen molar-refractivity contribution in [3.05, 3.63) is 52.6 Å². The Balaban J connectivity index is 2.25. The van der Waals surface area contributed by atoms with Gasteiger partial charge in [0.15, 0.2) is 0 Å². The van der Waals surface area contributed by atoms with Crippen molar-refractivity contribution >= 4 is 27.4 Å². The van der Waals surface area contributed by atoms with Gasteiger partial charge < -0.3 is 5.32 Å². The van der Waals surface area contributed by atoms with Crippen molar-refractivity contribution in [1.29, 1.82) is 0 Å². The van der Waals surface area contributed by atoms with Crippen LogP contribution in [0.5, 0.6) is 0 Å². The zero-order valence-electron chi connectivity index (χ0n) is 8.37. The van der Waals surface area contributed by atoms with Crippen LogP contribution in [-0.4, -0.2) is 4.98 Å². The van der Waals surface area contributed by atoms with Crippen molar-refractivity contribution < 1.29 is 0 Å². The average molecular weight is 263 g/mol. The second-order valence-electron chi connectivity index (χ2n) is 3.31. The number of aromatic nitrogens is 1. The van der Waals surface area contributed by atoms with E-state index in [0.29, 0.717) is 0 Å². The van der Waals surface area contributed by atoms with Crippen molar-refractivity contribution in [1.82, 2.24) is 4.98 Å². The van der Waals surface area contributed by atoms with Gasteiger partial charge in [0.25, 0.3) is 0 Å². The molecule has 0 atom stereocenters. The van der Waals surface area contributed by atoms with Crippen LogP contribution in [0.1, 0.15) is 5.56 Å². The fourth-order valence-corrected chi connectivity index (χ4v) is 1.78. The van der Waals surface area contributed by atoms with Crippen LogP contribution >= 0.6 is 15.9 Å². The third-order valence-electron chi connectivity index (χ3n) is 2.08. The smallest absolute Gasteiger partial charge is 0.133 e. The lowest BCUT2D eigenvalue weighted by atomic mass is 10.2. The summed E-state index contributed by atoms with van der Waals surface area (Å²) in [6, 6.07) is 12.1. The first-order chi connectivity index (χ1) is 7.25. The van der Waals surface area contributed by atoms with Gasteiger partial charge >= 0.3 is 0 Å². The number of benzene rings is 1. The molecule has 1 aromatic carbocycles. The second-order valence-corrected chi connectivity index (χ2v) is 4.23. The van der Waals surface area contributed by atoms with Crippen LogP contribution in [0.2, 0.25) is 0 Å². The lowest BCUT2D eigenvalue weighted by Gasteiger charge is -2.08. The normalized spacial score (nSPS) is 10.0. The van der Waals surface area contributed by atoms with E-state index >= 15 is 0 Å². The summed E-state index contributed by atoms with van der Waals surface area (Å²) in [6.07, 6.45) is 1.79. The number of aryl methyl sites for hydroxylation is 1. The standard InChI is InChI=1S/C12H11BrN2/c1-9-7-10(13)8-14-12(9)15-11-5-3-2-4-6-11/h2-8H,1H3,(H,14,15). The minimum absolute atomic E-state index is 0.893. The molecule has 1 N–H and O–H groups in total. The van der Waals surface area contributed by atoms with Gasteiger partial charge in [-0.25, -0.2) is 4.98 Å². The minimum atomic E-state index is 0.893. The molecule has 2 aromatic rings. The van der Waals surface area contributed by atoms with E-state index in [-0.39, 0.29) is 0 Å². The number of rotatable bonds is 2. The van der Waals surface area contributed by atoms with E-state index in [0.717, 1.165) is 21.5 Å².